The lowest BCUT2D eigenvalue weighted by Crippen LogP contribution is -2.57. The van der Waals surface area contributed by atoms with E-state index in [1.165, 1.54) is 7.11 Å². The van der Waals surface area contributed by atoms with Crippen molar-refractivity contribution in [2.24, 2.45) is 22.7 Å². The Hall–Kier alpha value is -1.06. The second-order valence-corrected chi connectivity index (χ2v) is 6.32. The lowest BCUT2D eigenvalue weighted by molar-refractivity contribution is -0.189. The molecule has 0 spiro atoms. The molecule has 4 heteroatoms. The Kier molecular flexibility index (Phi) is 2.11. The molecule has 4 aliphatic rings. The smallest absolute Gasteiger partial charge is 0.311 e. The van der Waals surface area contributed by atoms with Crippen molar-refractivity contribution in [1.82, 2.24) is 0 Å². The summed E-state index contributed by atoms with van der Waals surface area (Å²) in [5.41, 5.74) is -1.13. The summed E-state index contributed by atoms with van der Waals surface area (Å²) in [6.07, 6.45) is 4.80. The quantitative estimate of drug-likeness (QED) is 0.745. The standard InChI is InChI=1S/C13H18O4/c1-17-11(16)13-5-8-2-9(6-13)4-12(3-8,7-13)10(14)15/h8-9H,2-7H2,1H3,(H,14,15)/t8-,9+,12?,13?. The fourth-order valence-electron chi connectivity index (χ4n) is 4.97. The van der Waals surface area contributed by atoms with Crippen LogP contribution in [0.3, 0.4) is 0 Å². The van der Waals surface area contributed by atoms with Gasteiger partial charge in [-0.25, -0.2) is 0 Å². The molecule has 0 amide bonds. The number of hydrogen-bond acceptors (Lipinski definition) is 3. The van der Waals surface area contributed by atoms with Gasteiger partial charge in [-0.05, 0) is 50.4 Å². The summed E-state index contributed by atoms with van der Waals surface area (Å²) in [7, 11) is 1.41. The molecule has 0 aromatic carbocycles. The fourth-order valence-corrected chi connectivity index (χ4v) is 4.97. The molecule has 4 fully saturated rings. The van der Waals surface area contributed by atoms with Crippen LogP contribution < -0.4 is 0 Å². The van der Waals surface area contributed by atoms with Gasteiger partial charge in [0.1, 0.15) is 0 Å². The normalized spacial score (nSPS) is 46.9. The van der Waals surface area contributed by atoms with Crippen molar-refractivity contribution < 1.29 is 19.4 Å². The van der Waals surface area contributed by atoms with Crippen LogP contribution in [0.4, 0.5) is 0 Å². The minimum atomic E-state index is -0.708. The van der Waals surface area contributed by atoms with Crippen LogP contribution in [-0.2, 0) is 14.3 Å². The lowest BCUT2D eigenvalue weighted by Gasteiger charge is -2.58. The molecule has 4 atom stereocenters. The largest absolute Gasteiger partial charge is 0.481 e. The van der Waals surface area contributed by atoms with Crippen molar-refractivity contribution >= 4 is 11.9 Å². The zero-order chi connectivity index (χ0) is 12.3. The highest BCUT2D eigenvalue weighted by Gasteiger charge is 2.63. The number of carboxylic acids is 1. The highest BCUT2D eigenvalue weighted by atomic mass is 16.5. The zero-order valence-electron chi connectivity index (χ0n) is 10.1. The first-order valence-electron chi connectivity index (χ1n) is 6.32. The molecule has 94 valence electrons. The van der Waals surface area contributed by atoms with Gasteiger partial charge in [-0.1, -0.05) is 0 Å². The van der Waals surface area contributed by atoms with E-state index in [9.17, 15) is 14.7 Å². The van der Waals surface area contributed by atoms with Gasteiger partial charge in [-0.3, -0.25) is 9.59 Å². The summed E-state index contributed by atoms with van der Waals surface area (Å²) in [5.74, 6) is -0.0741. The van der Waals surface area contributed by atoms with E-state index >= 15 is 0 Å². The van der Waals surface area contributed by atoms with Gasteiger partial charge in [0.05, 0.1) is 17.9 Å². The van der Waals surface area contributed by atoms with Gasteiger partial charge in [-0.15, -0.1) is 0 Å². The third-order valence-electron chi connectivity index (χ3n) is 5.13. The molecular formula is C13H18O4. The third kappa shape index (κ3) is 1.36. The summed E-state index contributed by atoms with van der Waals surface area (Å²) < 4.78 is 4.93. The Morgan fingerprint density at radius 1 is 1.12 bits per heavy atom. The van der Waals surface area contributed by atoms with E-state index in [2.05, 4.69) is 0 Å². The second kappa shape index (κ2) is 3.24. The molecule has 1 N–H and O–H groups in total. The molecular weight excluding hydrogens is 220 g/mol. The molecule has 0 heterocycles. The average molecular weight is 238 g/mol. The molecule has 4 aliphatic carbocycles. The average Bonchev–Trinajstić information content (AvgIpc) is 2.26. The van der Waals surface area contributed by atoms with Gasteiger partial charge < -0.3 is 9.84 Å². The van der Waals surface area contributed by atoms with E-state index in [1.807, 2.05) is 0 Å². The number of esters is 1. The lowest BCUT2D eigenvalue weighted by atomic mass is 9.44. The number of carbonyl (C=O) groups is 2. The van der Waals surface area contributed by atoms with E-state index in [4.69, 9.17) is 4.74 Å². The number of carboxylic acid groups (broad SMARTS) is 1. The molecule has 0 radical (unpaired) electrons. The van der Waals surface area contributed by atoms with Crippen LogP contribution >= 0.6 is 0 Å². The van der Waals surface area contributed by atoms with Crippen molar-refractivity contribution in [2.45, 2.75) is 38.5 Å². The first-order chi connectivity index (χ1) is 8.00. The van der Waals surface area contributed by atoms with E-state index < -0.39 is 16.8 Å². The van der Waals surface area contributed by atoms with Gasteiger partial charge >= 0.3 is 11.9 Å². The van der Waals surface area contributed by atoms with Gasteiger partial charge in [-0.2, -0.15) is 0 Å². The summed E-state index contributed by atoms with van der Waals surface area (Å²) in [6.45, 7) is 0. The minimum absolute atomic E-state index is 0.183. The summed E-state index contributed by atoms with van der Waals surface area (Å²) >= 11 is 0. The van der Waals surface area contributed by atoms with Gasteiger partial charge in [0.15, 0.2) is 0 Å². The van der Waals surface area contributed by atoms with Crippen molar-refractivity contribution in [3.8, 4) is 0 Å². The summed E-state index contributed by atoms with van der Waals surface area (Å²) in [6, 6.07) is 0. The second-order valence-electron chi connectivity index (χ2n) is 6.32. The monoisotopic (exact) mass is 238 g/mol. The molecule has 0 saturated heterocycles. The molecule has 4 rings (SSSR count). The number of methoxy groups -OCH3 is 1. The summed E-state index contributed by atoms with van der Waals surface area (Å²) in [5, 5.41) is 9.50. The first-order valence-corrected chi connectivity index (χ1v) is 6.32. The van der Waals surface area contributed by atoms with Crippen molar-refractivity contribution in [1.29, 1.82) is 0 Å². The number of aliphatic carboxylic acids is 1. The van der Waals surface area contributed by atoms with Crippen molar-refractivity contribution in [3.63, 3.8) is 0 Å². The number of carbonyl (C=O) groups excluding carboxylic acids is 1. The van der Waals surface area contributed by atoms with E-state index in [0.29, 0.717) is 18.3 Å². The van der Waals surface area contributed by atoms with E-state index in [0.717, 1.165) is 32.1 Å². The topological polar surface area (TPSA) is 63.6 Å². The Bertz CT molecular complexity index is 373. The van der Waals surface area contributed by atoms with Crippen molar-refractivity contribution in [2.75, 3.05) is 7.11 Å². The van der Waals surface area contributed by atoms with Crippen LogP contribution in [-0.4, -0.2) is 24.2 Å². The van der Waals surface area contributed by atoms with Crippen LogP contribution in [0.5, 0.6) is 0 Å². The minimum Gasteiger partial charge on any atom is -0.481 e. The van der Waals surface area contributed by atoms with E-state index in [1.54, 1.807) is 0 Å². The third-order valence-corrected chi connectivity index (χ3v) is 5.13. The Morgan fingerprint density at radius 2 is 1.65 bits per heavy atom. The Balaban J connectivity index is 2.00. The SMILES string of the molecule is COC(=O)C12C[C@@H]3C[C@@H](CC(C(=O)O)(C3)C1)C2. The zero-order valence-corrected chi connectivity index (χ0v) is 10.1. The summed E-state index contributed by atoms with van der Waals surface area (Å²) in [4.78, 5) is 23.6. The van der Waals surface area contributed by atoms with Crippen LogP contribution in [0.1, 0.15) is 38.5 Å². The number of ether oxygens (including phenoxy) is 1. The molecule has 0 aromatic heterocycles. The molecule has 0 aromatic rings. The molecule has 4 bridgehead atoms. The van der Waals surface area contributed by atoms with Crippen LogP contribution in [0.25, 0.3) is 0 Å². The predicted octanol–water partition coefficient (Wildman–Crippen LogP) is 1.83. The van der Waals surface area contributed by atoms with E-state index in [-0.39, 0.29) is 5.97 Å². The first kappa shape index (κ1) is 11.1. The maximum atomic E-state index is 12.0. The van der Waals surface area contributed by atoms with Gasteiger partial charge in [0, 0.05) is 0 Å². The molecule has 2 unspecified atom stereocenters. The molecule has 4 nitrogen and oxygen atoms in total. The van der Waals surface area contributed by atoms with Gasteiger partial charge in [0.25, 0.3) is 0 Å². The van der Waals surface area contributed by atoms with Crippen LogP contribution in [0, 0.1) is 22.7 Å². The molecule has 17 heavy (non-hydrogen) atoms. The van der Waals surface area contributed by atoms with Crippen molar-refractivity contribution in [3.05, 3.63) is 0 Å². The highest BCUT2D eigenvalue weighted by molar-refractivity contribution is 5.82. The number of hydrogen-bond donors (Lipinski definition) is 1. The molecule has 4 saturated carbocycles. The Morgan fingerprint density at radius 3 is 2.12 bits per heavy atom. The number of rotatable bonds is 2. The van der Waals surface area contributed by atoms with Crippen LogP contribution in [0.15, 0.2) is 0 Å². The highest BCUT2D eigenvalue weighted by Crippen LogP contribution is 2.65. The fraction of sp³-hybridized carbons (Fsp3) is 0.846. The predicted molar refractivity (Wildman–Crippen MR) is 59.2 cm³/mol. The molecule has 0 aliphatic heterocycles. The van der Waals surface area contributed by atoms with Crippen LogP contribution in [0.2, 0.25) is 0 Å². The maximum absolute atomic E-state index is 12.0. The Labute approximate surface area is 100 Å². The maximum Gasteiger partial charge on any atom is 0.311 e. The van der Waals surface area contributed by atoms with Gasteiger partial charge in [0.2, 0.25) is 0 Å².